The number of benzene rings is 1. The van der Waals surface area contributed by atoms with Crippen LogP contribution >= 0.6 is 0 Å². The SMILES string of the molecule is C=CC(=O)OC.CC(C)(C)c1ccccc1. The number of hydrogen-bond donors (Lipinski definition) is 0. The molecule has 16 heavy (non-hydrogen) atoms. The van der Waals surface area contributed by atoms with Crippen molar-refractivity contribution >= 4 is 5.97 Å². The zero-order chi connectivity index (χ0) is 12.6. The van der Waals surface area contributed by atoms with E-state index in [1.165, 1.54) is 12.7 Å². The van der Waals surface area contributed by atoms with E-state index in [2.05, 4.69) is 62.4 Å². The summed E-state index contributed by atoms with van der Waals surface area (Å²) in [6.45, 7) is 9.83. The number of carbonyl (C=O) groups is 1. The minimum Gasteiger partial charge on any atom is -0.466 e. The Bertz CT molecular complexity index is 320. The highest BCUT2D eigenvalue weighted by atomic mass is 16.5. The highest BCUT2D eigenvalue weighted by Gasteiger charge is 2.11. The van der Waals surface area contributed by atoms with Crippen LogP contribution in [0.25, 0.3) is 0 Å². The van der Waals surface area contributed by atoms with E-state index in [0.29, 0.717) is 5.41 Å². The van der Waals surface area contributed by atoms with Gasteiger partial charge >= 0.3 is 5.97 Å². The molecule has 2 nitrogen and oxygen atoms in total. The monoisotopic (exact) mass is 220 g/mol. The largest absolute Gasteiger partial charge is 0.466 e. The van der Waals surface area contributed by atoms with Crippen LogP contribution in [0.2, 0.25) is 0 Å². The number of hydrogen-bond acceptors (Lipinski definition) is 2. The van der Waals surface area contributed by atoms with Crippen molar-refractivity contribution in [1.82, 2.24) is 0 Å². The summed E-state index contributed by atoms with van der Waals surface area (Å²) in [7, 11) is 1.31. The highest BCUT2D eigenvalue weighted by molar-refractivity contribution is 5.80. The molecule has 0 saturated heterocycles. The second-order valence-corrected chi connectivity index (χ2v) is 4.34. The molecule has 0 aliphatic heterocycles. The van der Waals surface area contributed by atoms with Crippen molar-refractivity contribution in [3.8, 4) is 0 Å². The molecule has 88 valence electrons. The van der Waals surface area contributed by atoms with Gasteiger partial charge in [0.2, 0.25) is 0 Å². The van der Waals surface area contributed by atoms with Crippen LogP contribution in [0.1, 0.15) is 26.3 Å². The van der Waals surface area contributed by atoms with Crippen LogP contribution in [0.5, 0.6) is 0 Å². The third kappa shape index (κ3) is 6.02. The zero-order valence-corrected chi connectivity index (χ0v) is 10.5. The lowest BCUT2D eigenvalue weighted by Crippen LogP contribution is -2.10. The summed E-state index contributed by atoms with van der Waals surface area (Å²) >= 11 is 0. The van der Waals surface area contributed by atoms with Gasteiger partial charge in [-0.05, 0) is 11.0 Å². The third-order valence-electron chi connectivity index (χ3n) is 2.01. The van der Waals surface area contributed by atoms with Crippen molar-refractivity contribution in [1.29, 1.82) is 0 Å². The molecule has 0 unspecified atom stereocenters. The molecule has 0 atom stereocenters. The Morgan fingerprint density at radius 2 is 1.75 bits per heavy atom. The molecule has 0 aliphatic carbocycles. The first-order chi connectivity index (χ1) is 7.41. The first-order valence-corrected chi connectivity index (χ1v) is 5.17. The average molecular weight is 220 g/mol. The molecule has 0 fully saturated rings. The standard InChI is InChI=1S/C10H14.C4H6O2/c1-10(2,3)9-7-5-4-6-8-9;1-3-4(5)6-2/h4-8H,1-3H3;3H,1H2,2H3. The summed E-state index contributed by atoms with van der Waals surface area (Å²) in [5, 5.41) is 0. The predicted molar refractivity (Wildman–Crippen MR) is 67.4 cm³/mol. The molecule has 1 rings (SSSR count). The number of carbonyl (C=O) groups excluding carboxylic acids is 1. The lowest BCUT2D eigenvalue weighted by atomic mass is 9.87. The quantitative estimate of drug-likeness (QED) is 0.536. The smallest absolute Gasteiger partial charge is 0.329 e. The Morgan fingerprint density at radius 1 is 1.25 bits per heavy atom. The average Bonchev–Trinajstić information content (AvgIpc) is 2.29. The van der Waals surface area contributed by atoms with Gasteiger partial charge in [-0.3, -0.25) is 0 Å². The number of ether oxygens (including phenoxy) is 1. The van der Waals surface area contributed by atoms with E-state index in [9.17, 15) is 4.79 Å². The van der Waals surface area contributed by atoms with Crippen LogP contribution in [0.15, 0.2) is 43.0 Å². The van der Waals surface area contributed by atoms with Gasteiger partial charge in [0.1, 0.15) is 0 Å². The number of methoxy groups -OCH3 is 1. The molecule has 0 heterocycles. The van der Waals surface area contributed by atoms with Gasteiger partial charge in [0, 0.05) is 6.08 Å². The molecule has 0 radical (unpaired) electrons. The molecule has 0 amide bonds. The summed E-state index contributed by atoms with van der Waals surface area (Å²) in [5.41, 5.74) is 1.69. The maximum atomic E-state index is 9.84. The maximum absolute atomic E-state index is 9.84. The van der Waals surface area contributed by atoms with Crippen LogP contribution in [-0.2, 0) is 14.9 Å². The molecule has 0 aromatic heterocycles. The van der Waals surface area contributed by atoms with Gasteiger partial charge in [-0.2, -0.15) is 0 Å². The molecule has 0 bridgehead atoms. The van der Waals surface area contributed by atoms with Gasteiger partial charge in [0.05, 0.1) is 7.11 Å². The van der Waals surface area contributed by atoms with Crippen molar-refractivity contribution in [3.63, 3.8) is 0 Å². The second-order valence-electron chi connectivity index (χ2n) is 4.34. The summed E-state index contributed by atoms with van der Waals surface area (Å²) in [6.07, 6.45) is 1.11. The first-order valence-electron chi connectivity index (χ1n) is 5.17. The van der Waals surface area contributed by atoms with Crippen LogP contribution in [0.4, 0.5) is 0 Å². The Morgan fingerprint density at radius 3 is 1.94 bits per heavy atom. The van der Waals surface area contributed by atoms with Crippen molar-refractivity contribution in [2.75, 3.05) is 7.11 Å². The van der Waals surface area contributed by atoms with E-state index in [0.717, 1.165) is 6.08 Å². The van der Waals surface area contributed by atoms with Gasteiger partial charge < -0.3 is 4.74 Å². The van der Waals surface area contributed by atoms with Crippen LogP contribution in [-0.4, -0.2) is 13.1 Å². The van der Waals surface area contributed by atoms with Crippen molar-refractivity contribution in [2.45, 2.75) is 26.2 Å². The van der Waals surface area contributed by atoms with E-state index in [-0.39, 0.29) is 0 Å². The number of rotatable bonds is 1. The molecule has 0 N–H and O–H groups in total. The van der Waals surface area contributed by atoms with Gasteiger partial charge in [-0.15, -0.1) is 0 Å². The first kappa shape index (κ1) is 14.4. The fraction of sp³-hybridized carbons (Fsp3) is 0.357. The molecule has 0 spiro atoms. The molecule has 1 aromatic rings. The normalized spacial score (nSPS) is 9.75. The highest BCUT2D eigenvalue weighted by Crippen LogP contribution is 2.20. The molecule has 0 aliphatic rings. The van der Waals surface area contributed by atoms with E-state index in [4.69, 9.17) is 0 Å². The van der Waals surface area contributed by atoms with E-state index in [1.54, 1.807) is 0 Å². The minimum atomic E-state index is -0.394. The topological polar surface area (TPSA) is 26.3 Å². The van der Waals surface area contributed by atoms with Crippen molar-refractivity contribution < 1.29 is 9.53 Å². The molecule has 0 saturated carbocycles. The lowest BCUT2D eigenvalue weighted by Gasteiger charge is -2.18. The van der Waals surface area contributed by atoms with Crippen LogP contribution in [0.3, 0.4) is 0 Å². The summed E-state index contributed by atoms with van der Waals surface area (Å²) in [4.78, 5) is 9.84. The van der Waals surface area contributed by atoms with Gasteiger partial charge in [0.25, 0.3) is 0 Å². The van der Waals surface area contributed by atoms with Gasteiger partial charge in [0.15, 0.2) is 0 Å². The van der Waals surface area contributed by atoms with Crippen molar-refractivity contribution in [3.05, 3.63) is 48.6 Å². The van der Waals surface area contributed by atoms with Crippen LogP contribution < -0.4 is 0 Å². The molecular weight excluding hydrogens is 200 g/mol. The number of esters is 1. The summed E-state index contributed by atoms with van der Waals surface area (Å²) in [6, 6.07) is 10.6. The van der Waals surface area contributed by atoms with Gasteiger partial charge in [-0.25, -0.2) is 4.79 Å². The van der Waals surface area contributed by atoms with E-state index >= 15 is 0 Å². The fourth-order valence-corrected chi connectivity index (χ4v) is 1.02. The third-order valence-corrected chi connectivity index (χ3v) is 2.01. The van der Waals surface area contributed by atoms with E-state index in [1.807, 2.05) is 0 Å². The Kier molecular flexibility index (Phi) is 6.16. The van der Waals surface area contributed by atoms with Crippen molar-refractivity contribution in [2.24, 2.45) is 0 Å². The summed E-state index contributed by atoms with van der Waals surface area (Å²) in [5.74, 6) is -0.394. The maximum Gasteiger partial charge on any atom is 0.329 e. The Balaban J connectivity index is 0.000000325. The predicted octanol–water partition coefficient (Wildman–Crippen LogP) is 3.33. The molecule has 2 heteroatoms. The van der Waals surface area contributed by atoms with Gasteiger partial charge in [-0.1, -0.05) is 57.7 Å². The minimum absolute atomic E-state index is 0.293. The Labute approximate surface area is 97.9 Å². The van der Waals surface area contributed by atoms with Crippen LogP contribution in [0, 0.1) is 0 Å². The summed E-state index contributed by atoms with van der Waals surface area (Å²) < 4.78 is 4.14. The molecule has 1 aromatic carbocycles. The lowest BCUT2D eigenvalue weighted by molar-refractivity contribution is -0.134. The van der Waals surface area contributed by atoms with E-state index < -0.39 is 5.97 Å². The Hall–Kier alpha value is -1.57. The second kappa shape index (κ2) is 6.83. The fourth-order valence-electron chi connectivity index (χ4n) is 1.02. The zero-order valence-electron chi connectivity index (χ0n) is 10.5. The molecular formula is C14H20O2.